The second-order valence-corrected chi connectivity index (χ2v) is 10.6. The number of allylic oxidation sites excluding steroid dienone is 2. The van der Waals surface area contributed by atoms with E-state index in [0.29, 0.717) is 24.0 Å². The molecule has 1 aromatic carbocycles. The molecule has 34 heavy (non-hydrogen) atoms. The van der Waals surface area contributed by atoms with Gasteiger partial charge >= 0.3 is 6.18 Å². The van der Waals surface area contributed by atoms with Crippen LogP contribution < -0.4 is 0 Å². The first kappa shape index (κ1) is 27.3. The normalized spacial score (nSPS) is 26.2. The predicted octanol–water partition coefficient (Wildman–Crippen LogP) is 9.87. The molecule has 0 N–H and O–H groups in total. The average molecular weight is 479 g/mol. The van der Waals surface area contributed by atoms with Crippen molar-refractivity contribution in [1.82, 2.24) is 0 Å². The first-order valence-corrected chi connectivity index (χ1v) is 13.9. The van der Waals surface area contributed by atoms with Crippen molar-refractivity contribution in [2.45, 2.75) is 127 Å². The third-order valence-corrected chi connectivity index (χ3v) is 7.98. The second kappa shape index (κ2) is 14.3. The van der Waals surface area contributed by atoms with E-state index in [1.807, 2.05) is 0 Å². The third-order valence-electron chi connectivity index (χ3n) is 7.98. The Morgan fingerprint density at radius 3 is 1.76 bits per heavy atom. The fourth-order valence-electron chi connectivity index (χ4n) is 5.80. The highest BCUT2D eigenvalue weighted by Gasteiger charge is 2.26. The zero-order chi connectivity index (χ0) is 24.2. The van der Waals surface area contributed by atoms with Crippen molar-refractivity contribution in [2.75, 3.05) is 6.61 Å². The molecule has 2 aliphatic carbocycles. The molecule has 0 saturated heterocycles. The van der Waals surface area contributed by atoms with Gasteiger partial charge in [0, 0.05) is 12.7 Å². The van der Waals surface area contributed by atoms with Crippen molar-refractivity contribution in [3.63, 3.8) is 0 Å². The van der Waals surface area contributed by atoms with Crippen molar-refractivity contribution in [2.24, 2.45) is 5.92 Å². The quantitative estimate of drug-likeness (QED) is 0.214. The van der Waals surface area contributed by atoms with Crippen LogP contribution in [-0.2, 0) is 4.74 Å². The molecule has 1 nitrogen and oxygen atoms in total. The molecule has 0 amide bonds. The van der Waals surface area contributed by atoms with E-state index in [1.165, 1.54) is 87.8 Å². The second-order valence-electron chi connectivity index (χ2n) is 10.6. The maximum absolute atomic E-state index is 12.4. The number of hydrogen-bond donors (Lipinski definition) is 0. The largest absolute Gasteiger partial charge is 0.409 e. The summed E-state index contributed by atoms with van der Waals surface area (Å²) in [5.41, 5.74) is 2.80. The van der Waals surface area contributed by atoms with E-state index in [4.69, 9.17) is 4.74 Å². The molecule has 4 heteroatoms. The standard InChI is InChI=1S/C30H45F3O/c1-2-3-4-5-6-7-8-23-34-29-19-17-28(18-20-29)27-15-13-26(14-16-27)25-11-9-24(10-12-25)21-22-30(31,32)33/h13-16,21-22,24-25,28-29H,2-12,17-20,23H2,1H3. The van der Waals surface area contributed by atoms with Gasteiger partial charge in [-0.15, -0.1) is 0 Å². The highest BCUT2D eigenvalue weighted by Crippen LogP contribution is 2.39. The van der Waals surface area contributed by atoms with Gasteiger partial charge in [-0.3, -0.25) is 0 Å². The first-order valence-electron chi connectivity index (χ1n) is 13.9. The molecular weight excluding hydrogens is 433 g/mol. The first-order chi connectivity index (χ1) is 16.4. The van der Waals surface area contributed by atoms with E-state index in [2.05, 4.69) is 31.2 Å². The molecule has 0 radical (unpaired) electrons. The number of hydrogen-bond acceptors (Lipinski definition) is 1. The molecule has 2 saturated carbocycles. The fraction of sp³-hybridized carbons (Fsp3) is 0.733. The maximum atomic E-state index is 12.4. The molecule has 192 valence electrons. The van der Waals surface area contributed by atoms with Crippen molar-refractivity contribution in [3.8, 4) is 0 Å². The van der Waals surface area contributed by atoms with Gasteiger partial charge in [0.15, 0.2) is 0 Å². The summed E-state index contributed by atoms with van der Waals surface area (Å²) in [5, 5.41) is 0. The molecule has 1 aromatic rings. The van der Waals surface area contributed by atoms with Crippen LogP contribution in [0.15, 0.2) is 36.4 Å². The average Bonchev–Trinajstić information content (AvgIpc) is 2.85. The monoisotopic (exact) mass is 478 g/mol. The number of ether oxygens (including phenoxy) is 1. The molecule has 2 aliphatic rings. The van der Waals surface area contributed by atoms with Gasteiger partial charge in [0.1, 0.15) is 0 Å². The van der Waals surface area contributed by atoms with Crippen LogP contribution in [0.1, 0.15) is 126 Å². The summed E-state index contributed by atoms with van der Waals surface area (Å²) in [4.78, 5) is 0. The summed E-state index contributed by atoms with van der Waals surface area (Å²) in [6, 6.07) is 9.15. The maximum Gasteiger partial charge on any atom is 0.409 e. The fourth-order valence-corrected chi connectivity index (χ4v) is 5.80. The Morgan fingerprint density at radius 2 is 1.24 bits per heavy atom. The number of benzene rings is 1. The highest BCUT2D eigenvalue weighted by molar-refractivity contribution is 5.28. The Balaban J connectivity index is 1.32. The SMILES string of the molecule is CCCCCCCCCOC1CCC(c2ccc(C3CCC(C=CC(F)(F)F)CC3)cc2)CC1. The zero-order valence-electron chi connectivity index (χ0n) is 21.1. The number of alkyl halides is 3. The summed E-state index contributed by atoms with van der Waals surface area (Å²) in [5.74, 6) is 1.19. The van der Waals surface area contributed by atoms with Gasteiger partial charge in [-0.05, 0) is 86.7 Å². The van der Waals surface area contributed by atoms with E-state index in [1.54, 1.807) is 0 Å². The van der Waals surface area contributed by atoms with Gasteiger partial charge in [0.05, 0.1) is 6.10 Å². The number of rotatable bonds is 12. The van der Waals surface area contributed by atoms with E-state index in [9.17, 15) is 13.2 Å². The lowest BCUT2D eigenvalue weighted by molar-refractivity contribution is -0.0803. The molecule has 0 atom stereocenters. The van der Waals surface area contributed by atoms with Crippen molar-refractivity contribution in [3.05, 3.63) is 47.5 Å². The minimum absolute atomic E-state index is 0.0698. The summed E-state index contributed by atoms with van der Waals surface area (Å²) < 4.78 is 43.4. The van der Waals surface area contributed by atoms with Gasteiger partial charge in [0.25, 0.3) is 0 Å². The highest BCUT2D eigenvalue weighted by atomic mass is 19.4. The number of unbranched alkanes of at least 4 members (excludes halogenated alkanes) is 6. The molecule has 0 spiro atoms. The molecular formula is C30H45F3O. The number of halogens is 3. The van der Waals surface area contributed by atoms with Crippen LogP contribution in [0.5, 0.6) is 0 Å². The summed E-state index contributed by atoms with van der Waals surface area (Å²) >= 11 is 0. The predicted molar refractivity (Wildman–Crippen MR) is 135 cm³/mol. The molecule has 0 unspecified atom stereocenters. The lowest BCUT2D eigenvalue weighted by atomic mass is 9.77. The minimum atomic E-state index is -4.19. The molecule has 0 aliphatic heterocycles. The van der Waals surface area contributed by atoms with E-state index in [0.717, 1.165) is 32.3 Å². The Hall–Kier alpha value is -1.29. The van der Waals surface area contributed by atoms with E-state index >= 15 is 0 Å². The van der Waals surface area contributed by atoms with Crippen LogP contribution in [0.25, 0.3) is 0 Å². The Kier molecular flexibility index (Phi) is 11.5. The van der Waals surface area contributed by atoms with Crippen LogP contribution >= 0.6 is 0 Å². The third kappa shape index (κ3) is 9.76. The van der Waals surface area contributed by atoms with Crippen LogP contribution in [0.4, 0.5) is 13.2 Å². The molecule has 3 rings (SSSR count). The summed E-state index contributed by atoms with van der Waals surface area (Å²) in [6.07, 6.45) is 15.7. The van der Waals surface area contributed by atoms with Gasteiger partial charge in [-0.25, -0.2) is 0 Å². The van der Waals surface area contributed by atoms with Gasteiger partial charge in [-0.2, -0.15) is 13.2 Å². The van der Waals surface area contributed by atoms with Gasteiger partial charge in [0.2, 0.25) is 0 Å². The van der Waals surface area contributed by atoms with Gasteiger partial charge < -0.3 is 4.74 Å². The smallest absolute Gasteiger partial charge is 0.378 e. The van der Waals surface area contributed by atoms with Crippen molar-refractivity contribution in [1.29, 1.82) is 0 Å². The molecule has 0 aromatic heterocycles. The van der Waals surface area contributed by atoms with Crippen molar-refractivity contribution < 1.29 is 17.9 Å². The molecule has 0 heterocycles. The zero-order valence-corrected chi connectivity index (χ0v) is 21.1. The van der Waals surface area contributed by atoms with Crippen LogP contribution in [0.3, 0.4) is 0 Å². The van der Waals surface area contributed by atoms with E-state index < -0.39 is 6.18 Å². The molecule has 2 fully saturated rings. The Morgan fingerprint density at radius 1 is 0.735 bits per heavy atom. The van der Waals surface area contributed by atoms with Crippen molar-refractivity contribution >= 4 is 0 Å². The van der Waals surface area contributed by atoms with Crippen LogP contribution in [0.2, 0.25) is 0 Å². The Labute approximate surface area is 205 Å². The lowest BCUT2D eigenvalue weighted by Crippen LogP contribution is -2.21. The summed E-state index contributed by atoms with van der Waals surface area (Å²) in [6.45, 7) is 3.18. The van der Waals surface area contributed by atoms with E-state index in [-0.39, 0.29) is 5.92 Å². The Bertz CT molecular complexity index is 693. The summed E-state index contributed by atoms with van der Waals surface area (Å²) in [7, 11) is 0. The topological polar surface area (TPSA) is 9.23 Å². The minimum Gasteiger partial charge on any atom is -0.378 e. The lowest BCUT2D eigenvalue weighted by Gasteiger charge is -2.30. The van der Waals surface area contributed by atoms with Crippen LogP contribution in [0, 0.1) is 5.92 Å². The van der Waals surface area contributed by atoms with Crippen LogP contribution in [-0.4, -0.2) is 18.9 Å². The molecule has 0 bridgehead atoms. The van der Waals surface area contributed by atoms with Gasteiger partial charge in [-0.1, -0.05) is 75.8 Å².